The van der Waals surface area contributed by atoms with E-state index in [0.717, 1.165) is 30.8 Å². The summed E-state index contributed by atoms with van der Waals surface area (Å²) in [5, 5.41) is 13.1. The van der Waals surface area contributed by atoms with Crippen molar-refractivity contribution in [3.05, 3.63) is 29.3 Å². The van der Waals surface area contributed by atoms with Crippen LogP contribution in [0, 0.1) is 0 Å². The summed E-state index contributed by atoms with van der Waals surface area (Å²) in [7, 11) is 3.38. The van der Waals surface area contributed by atoms with Gasteiger partial charge >= 0.3 is 0 Å². The van der Waals surface area contributed by atoms with Crippen molar-refractivity contribution in [2.75, 3.05) is 32.5 Å². The number of β-amino-alcohol motifs (C(OH)–C–C–N with tert-alkyl or cyclic N) is 1. The molecular weight excluding hydrogens is 358 g/mol. The average Bonchev–Trinajstić information content (AvgIpc) is 3.09. The zero-order valence-corrected chi connectivity index (χ0v) is 17.2. The van der Waals surface area contributed by atoms with Gasteiger partial charge in [0.2, 0.25) is 0 Å². The fraction of sp³-hybridized carbons (Fsp3) is 0.619. The van der Waals surface area contributed by atoms with Crippen molar-refractivity contribution in [3.63, 3.8) is 0 Å². The van der Waals surface area contributed by atoms with Gasteiger partial charge in [0.25, 0.3) is 11.8 Å². The van der Waals surface area contributed by atoms with Crippen molar-refractivity contribution in [1.82, 2.24) is 9.80 Å². The third-order valence-corrected chi connectivity index (χ3v) is 5.24. The number of carbonyl (C=O) groups excluding carboxylic acids is 2. The Balaban J connectivity index is 1.64. The smallest absolute Gasteiger partial charge is 0.253 e. The van der Waals surface area contributed by atoms with E-state index in [0.29, 0.717) is 19.4 Å². The summed E-state index contributed by atoms with van der Waals surface area (Å²) in [5.41, 5.74) is 2.39. The first-order valence-electron chi connectivity index (χ1n) is 9.87. The normalized spacial score (nSPS) is 22.6. The number of rotatable bonds is 5. The summed E-state index contributed by atoms with van der Waals surface area (Å²) < 4.78 is 5.70. The van der Waals surface area contributed by atoms with Crippen LogP contribution in [0.4, 0.5) is 5.69 Å². The van der Waals surface area contributed by atoms with Gasteiger partial charge < -0.3 is 20.1 Å². The van der Waals surface area contributed by atoms with Gasteiger partial charge in [0.15, 0.2) is 0 Å². The lowest BCUT2D eigenvalue weighted by molar-refractivity contribution is -0.143. The molecule has 2 amide bonds. The van der Waals surface area contributed by atoms with Gasteiger partial charge in [-0.3, -0.25) is 14.5 Å². The Morgan fingerprint density at radius 2 is 2.00 bits per heavy atom. The van der Waals surface area contributed by atoms with E-state index in [2.05, 4.69) is 16.3 Å². The molecule has 0 spiro atoms. The SMILES string of the molecule is CN(C)C(=O)[C@H]1CC[C@@H](C(=O)Nc2cccc3c2CCN(CC(C)(C)O)C3)O1. The number of nitrogens with one attached hydrogen (secondary N) is 1. The molecule has 28 heavy (non-hydrogen) atoms. The Morgan fingerprint density at radius 3 is 2.68 bits per heavy atom. The molecule has 2 atom stereocenters. The van der Waals surface area contributed by atoms with Crippen LogP contribution in [0.25, 0.3) is 0 Å². The van der Waals surface area contributed by atoms with Gasteiger partial charge in [-0.1, -0.05) is 12.1 Å². The Labute approximate surface area is 166 Å². The number of ether oxygens (including phenoxy) is 1. The summed E-state index contributed by atoms with van der Waals surface area (Å²) >= 11 is 0. The highest BCUT2D eigenvalue weighted by Gasteiger charge is 2.36. The molecule has 1 saturated heterocycles. The minimum Gasteiger partial charge on any atom is -0.389 e. The molecule has 154 valence electrons. The van der Waals surface area contributed by atoms with Gasteiger partial charge in [-0.2, -0.15) is 0 Å². The van der Waals surface area contributed by atoms with Crippen LogP contribution < -0.4 is 5.32 Å². The zero-order valence-electron chi connectivity index (χ0n) is 17.2. The molecule has 1 aromatic carbocycles. The van der Waals surface area contributed by atoms with E-state index in [-0.39, 0.29) is 11.8 Å². The predicted octanol–water partition coefficient (Wildman–Crippen LogP) is 1.39. The van der Waals surface area contributed by atoms with E-state index < -0.39 is 17.8 Å². The molecule has 7 nitrogen and oxygen atoms in total. The molecule has 1 fully saturated rings. The van der Waals surface area contributed by atoms with Crippen LogP contribution in [0.1, 0.15) is 37.8 Å². The number of nitrogens with zero attached hydrogens (tertiary/aromatic N) is 2. The number of amides is 2. The van der Waals surface area contributed by atoms with Crippen LogP contribution in [-0.4, -0.2) is 71.7 Å². The van der Waals surface area contributed by atoms with Gasteiger partial charge in [0, 0.05) is 39.4 Å². The molecule has 2 aliphatic rings. The number of hydrogen-bond donors (Lipinski definition) is 2. The van der Waals surface area contributed by atoms with E-state index >= 15 is 0 Å². The molecule has 0 radical (unpaired) electrons. The van der Waals surface area contributed by atoms with Gasteiger partial charge in [-0.25, -0.2) is 0 Å². The molecule has 2 N–H and O–H groups in total. The Bertz CT molecular complexity index is 742. The third-order valence-electron chi connectivity index (χ3n) is 5.24. The maximum Gasteiger partial charge on any atom is 0.253 e. The molecule has 0 unspecified atom stereocenters. The van der Waals surface area contributed by atoms with Gasteiger partial charge in [-0.05, 0) is 50.3 Å². The Hall–Kier alpha value is -1.96. The predicted molar refractivity (Wildman–Crippen MR) is 107 cm³/mol. The van der Waals surface area contributed by atoms with E-state index in [1.807, 2.05) is 26.0 Å². The largest absolute Gasteiger partial charge is 0.389 e. The van der Waals surface area contributed by atoms with E-state index in [1.165, 1.54) is 10.5 Å². The number of benzene rings is 1. The summed E-state index contributed by atoms with van der Waals surface area (Å²) in [5.74, 6) is -0.291. The van der Waals surface area contributed by atoms with Crippen molar-refractivity contribution in [2.45, 2.75) is 57.5 Å². The van der Waals surface area contributed by atoms with Crippen molar-refractivity contribution in [2.24, 2.45) is 0 Å². The summed E-state index contributed by atoms with van der Waals surface area (Å²) in [6.45, 7) is 5.83. The molecule has 0 aliphatic carbocycles. The summed E-state index contributed by atoms with van der Waals surface area (Å²) in [4.78, 5) is 28.5. The molecule has 7 heteroatoms. The summed E-state index contributed by atoms with van der Waals surface area (Å²) in [6.07, 6.45) is 0.791. The van der Waals surface area contributed by atoms with Crippen LogP contribution in [0.15, 0.2) is 18.2 Å². The second kappa shape index (κ2) is 8.19. The topological polar surface area (TPSA) is 82.1 Å². The van der Waals surface area contributed by atoms with E-state index in [4.69, 9.17) is 4.74 Å². The lowest BCUT2D eigenvalue weighted by Gasteiger charge is -2.34. The first-order valence-corrected chi connectivity index (χ1v) is 9.87. The van der Waals surface area contributed by atoms with Gasteiger partial charge in [0.1, 0.15) is 12.2 Å². The quantitative estimate of drug-likeness (QED) is 0.795. The molecule has 3 rings (SSSR count). The minimum absolute atomic E-state index is 0.0979. The second-order valence-corrected chi connectivity index (χ2v) is 8.63. The highest BCUT2D eigenvalue weighted by molar-refractivity contribution is 5.95. The molecule has 1 aromatic rings. The van der Waals surface area contributed by atoms with Crippen molar-refractivity contribution < 1.29 is 19.4 Å². The fourth-order valence-electron chi connectivity index (χ4n) is 3.98. The van der Waals surface area contributed by atoms with Gasteiger partial charge in [0.05, 0.1) is 5.60 Å². The molecule has 0 aromatic heterocycles. The first-order chi connectivity index (χ1) is 13.1. The minimum atomic E-state index is -0.732. The molecule has 0 saturated carbocycles. The number of aliphatic hydroxyl groups is 1. The molecule has 2 heterocycles. The maximum absolute atomic E-state index is 12.7. The lowest BCUT2D eigenvalue weighted by Crippen LogP contribution is -2.41. The number of carbonyl (C=O) groups is 2. The Kier molecular flexibility index (Phi) is 6.07. The van der Waals surface area contributed by atoms with Crippen LogP contribution >= 0.6 is 0 Å². The van der Waals surface area contributed by atoms with Crippen LogP contribution in [0.3, 0.4) is 0 Å². The number of likely N-dealkylation sites (N-methyl/N-ethyl adjacent to an activating group) is 1. The van der Waals surface area contributed by atoms with Crippen LogP contribution in [0.2, 0.25) is 0 Å². The second-order valence-electron chi connectivity index (χ2n) is 8.63. The third kappa shape index (κ3) is 4.90. The number of hydrogen-bond acceptors (Lipinski definition) is 5. The van der Waals surface area contributed by atoms with Crippen molar-refractivity contribution in [3.8, 4) is 0 Å². The zero-order chi connectivity index (χ0) is 20.5. The van der Waals surface area contributed by atoms with Crippen molar-refractivity contribution in [1.29, 1.82) is 0 Å². The monoisotopic (exact) mass is 389 g/mol. The molecule has 2 aliphatic heterocycles. The van der Waals surface area contributed by atoms with Crippen LogP contribution in [-0.2, 0) is 27.3 Å². The number of anilines is 1. The van der Waals surface area contributed by atoms with Crippen molar-refractivity contribution >= 4 is 17.5 Å². The first kappa shape index (κ1) is 20.8. The highest BCUT2D eigenvalue weighted by Crippen LogP contribution is 2.28. The van der Waals surface area contributed by atoms with Gasteiger partial charge in [-0.15, -0.1) is 0 Å². The van der Waals surface area contributed by atoms with Crippen LogP contribution in [0.5, 0.6) is 0 Å². The maximum atomic E-state index is 12.7. The molecule has 0 bridgehead atoms. The molecular formula is C21H31N3O4. The summed E-state index contributed by atoms with van der Waals surface area (Å²) in [6, 6.07) is 5.93. The average molecular weight is 389 g/mol. The standard InChI is InChI=1S/C21H31N3O4/c1-21(2,27)13-24-11-10-15-14(12-24)6-5-7-16(15)22-19(25)17-8-9-18(28-17)20(26)23(3)4/h5-7,17-18,27H,8-13H2,1-4H3,(H,22,25)/t17-,18+/m0/s1. The Morgan fingerprint density at radius 1 is 1.29 bits per heavy atom. The number of fused-ring (bicyclic) bond motifs is 1. The van der Waals surface area contributed by atoms with E-state index in [9.17, 15) is 14.7 Å². The van der Waals surface area contributed by atoms with E-state index in [1.54, 1.807) is 14.1 Å². The fourth-order valence-corrected chi connectivity index (χ4v) is 3.98. The lowest BCUT2D eigenvalue weighted by atomic mass is 9.96. The highest BCUT2D eigenvalue weighted by atomic mass is 16.5.